The van der Waals surface area contributed by atoms with Crippen LogP contribution in [-0.2, 0) is 0 Å². The summed E-state index contributed by atoms with van der Waals surface area (Å²) in [5.41, 5.74) is 1.17. The zero-order valence-corrected chi connectivity index (χ0v) is 9.90. The van der Waals surface area contributed by atoms with E-state index >= 15 is 0 Å². The van der Waals surface area contributed by atoms with E-state index in [0.717, 1.165) is 17.4 Å². The van der Waals surface area contributed by atoms with Crippen molar-refractivity contribution in [3.8, 4) is 11.4 Å². The summed E-state index contributed by atoms with van der Waals surface area (Å²) in [4.78, 5) is 18.0. The van der Waals surface area contributed by atoms with E-state index in [1.54, 1.807) is 13.0 Å². The van der Waals surface area contributed by atoms with Gasteiger partial charge in [-0.05, 0) is 19.1 Å². The van der Waals surface area contributed by atoms with Crippen LogP contribution in [0.5, 0.6) is 0 Å². The van der Waals surface area contributed by atoms with E-state index in [1.165, 1.54) is 12.3 Å². The van der Waals surface area contributed by atoms with Gasteiger partial charge in [0, 0.05) is 6.07 Å². The van der Waals surface area contributed by atoms with Crippen molar-refractivity contribution in [1.29, 1.82) is 0 Å². The van der Waals surface area contributed by atoms with Crippen molar-refractivity contribution in [1.82, 2.24) is 9.97 Å². The fourth-order valence-electron chi connectivity index (χ4n) is 1.90. The van der Waals surface area contributed by atoms with E-state index in [4.69, 9.17) is 9.52 Å². The van der Waals surface area contributed by atoms with Gasteiger partial charge in [0.2, 0.25) is 0 Å². The lowest BCUT2D eigenvalue weighted by molar-refractivity contribution is 0.0692. The molecule has 6 heteroatoms. The molecule has 0 atom stereocenters. The zero-order chi connectivity index (χ0) is 13.6. The number of furan rings is 1. The van der Waals surface area contributed by atoms with Crippen molar-refractivity contribution >= 4 is 17.0 Å². The van der Waals surface area contributed by atoms with Gasteiger partial charge in [-0.15, -0.1) is 0 Å². The molecule has 0 aliphatic carbocycles. The van der Waals surface area contributed by atoms with Gasteiger partial charge in [0.05, 0.1) is 22.2 Å². The molecule has 2 N–H and O–H groups in total. The molecule has 0 fully saturated rings. The van der Waals surface area contributed by atoms with Crippen molar-refractivity contribution in [2.75, 3.05) is 0 Å². The molecule has 0 aliphatic heterocycles. The largest absolute Gasteiger partial charge is 0.478 e. The quantitative estimate of drug-likeness (QED) is 0.742. The number of aromatic amines is 1. The minimum Gasteiger partial charge on any atom is -0.478 e. The lowest BCUT2D eigenvalue weighted by atomic mass is 10.2. The summed E-state index contributed by atoms with van der Waals surface area (Å²) < 4.78 is 18.7. The highest BCUT2D eigenvalue weighted by molar-refractivity contribution is 5.93. The first-order valence-electron chi connectivity index (χ1n) is 5.52. The number of nitrogens with zero attached hydrogens (tertiary/aromatic N) is 1. The number of carboxylic acids is 1. The van der Waals surface area contributed by atoms with Crippen LogP contribution in [0.4, 0.5) is 4.39 Å². The van der Waals surface area contributed by atoms with Crippen LogP contribution in [0.15, 0.2) is 28.9 Å². The molecule has 3 aromatic rings. The molecular weight excluding hydrogens is 251 g/mol. The minimum absolute atomic E-state index is 0.395. The molecule has 0 saturated heterocycles. The Morgan fingerprint density at radius 1 is 1.42 bits per heavy atom. The standard InChI is InChI=1S/C13H9FN2O3/c1-6-2-7(5-19-6)12-15-10-3-8(13(17)18)9(14)4-11(10)16-12/h2-5H,1H3,(H,15,16)(H,17,18). The smallest absolute Gasteiger partial charge is 0.338 e. The molecule has 0 aliphatic rings. The van der Waals surface area contributed by atoms with Gasteiger partial charge < -0.3 is 14.5 Å². The molecule has 0 unspecified atom stereocenters. The maximum atomic E-state index is 13.5. The predicted molar refractivity (Wildman–Crippen MR) is 65.5 cm³/mol. The Hall–Kier alpha value is -2.63. The van der Waals surface area contributed by atoms with Crippen LogP contribution < -0.4 is 0 Å². The average Bonchev–Trinajstić information content (AvgIpc) is 2.93. The third-order valence-corrected chi connectivity index (χ3v) is 2.81. The van der Waals surface area contributed by atoms with Crippen LogP contribution in [0, 0.1) is 12.7 Å². The molecule has 0 spiro atoms. The van der Waals surface area contributed by atoms with E-state index in [2.05, 4.69) is 9.97 Å². The molecule has 1 aromatic carbocycles. The van der Waals surface area contributed by atoms with Gasteiger partial charge in [0.15, 0.2) is 0 Å². The number of aryl methyl sites for hydroxylation is 1. The molecule has 19 heavy (non-hydrogen) atoms. The topological polar surface area (TPSA) is 79.1 Å². The molecule has 0 saturated carbocycles. The van der Waals surface area contributed by atoms with Gasteiger partial charge in [0.25, 0.3) is 0 Å². The van der Waals surface area contributed by atoms with Gasteiger partial charge in [-0.2, -0.15) is 0 Å². The summed E-state index contributed by atoms with van der Waals surface area (Å²) in [5.74, 6) is -0.872. The lowest BCUT2D eigenvalue weighted by Crippen LogP contribution is -1.99. The second kappa shape index (κ2) is 3.94. The molecular formula is C13H9FN2O3. The Labute approximate surface area is 106 Å². The van der Waals surface area contributed by atoms with Gasteiger partial charge in [-0.1, -0.05) is 0 Å². The Kier molecular flexibility index (Phi) is 2.38. The van der Waals surface area contributed by atoms with Crippen molar-refractivity contribution in [2.24, 2.45) is 0 Å². The summed E-state index contributed by atoms with van der Waals surface area (Å²) in [6, 6.07) is 4.12. The number of fused-ring (bicyclic) bond motifs is 1. The van der Waals surface area contributed by atoms with Crippen molar-refractivity contribution in [3.63, 3.8) is 0 Å². The first kappa shape index (κ1) is 11.5. The van der Waals surface area contributed by atoms with Gasteiger partial charge in [-0.25, -0.2) is 14.2 Å². The number of carboxylic acid groups (broad SMARTS) is 1. The number of imidazole rings is 1. The van der Waals surface area contributed by atoms with E-state index in [1.807, 2.05) is 0 Å². The van der Waals surface area contributed by atoms with Gasteiger partial charge >= 0.3 is 5.97 Å². The highest BCUT2D eigenvalue weighted by Crippen LogP contribution is 2.24. The highest BCUT2D eigenvalue weighted by atomic mass is 19.1. The first-order valence-corrected chi connectivity index (χ1v) is 5.52. The second-order valence-corrected chi connectivity index (χ2v) is 4.19. The molecule has 96 valence electrons. The number of hydrogen-bond donors (Lipinski definition) is 2. The van der Waals surface area contributed by atoms with E-state index in [-0.39, 0.29) is 0 Å². The number of carbonyl (C=O) groups is 1. The minimum atomic E-state index is -1.32. The van der Waals surface area contributed by atoms with Crippen LogP contribution in [0.3, 0.4) is 0 Å². The SMILES string of the molecule is Cc1cc(-c2nc3cc(C(=O)O)c(F)cc3[nH]2)co1. The summed E-state index contributed by atoms with van der Waals surface area (Å²) in [5, 5.41) is 8.86. The first-order chi connectivity index (χ1) is 9.04. The number of H-pyrrole nitrogens is 1. The Balaban J connectivity index is 2.18. The predicted octanol–water partition coefficient (Wildman–Crippen LogP) is 2.97. The lowest BCUT2D eigenvalue weighted by Gasteiger charge is -1.95. The molecule has 2 heterocycles. The molecule has 0 radical (unpaired) electrons. The average molecular weight is 260 g/mol. The van der Waals surface area contributed by atoms with Crippen LogP contribution in [0.1, 0.15) is 16.1 Å². The third-order valence-electron chi connectivity index (χ3n) is 2.81. The van der Waals surface area contributed by atoms with E-state index < -0.39 is 17.3 Å². The van der Waals surface area contributed by atoms with Crippen molar-refractivity contribution in [3.05, 3.63) is 41.6 Å². The number of nitrogens with one attached hydrogen (secondary N) is 1. The Morgan fingerprint density at radius 3 is 2.84 bits per heavy atom. The summed E-state index contributed by atoms with van der Waals surface area (Å²) in [7, 11) is 0. The van der Waals surface area contributed by atoms with Crippen molar-refractivity contribution < 1.29 is 18.7 Å². The maximum Gasteiger partial charge on any atom is 0.338 e. The third kappa shape index (κ3) is 1.87. The zero-order valence-electron chi connectivity index (χ0n) is 9.90. The van der Waals surface area contributed by atoms with Crippen LogP contribution in [-0.4, -0.2) is 21.0 Å². The molecule has 3 rings (SSSR count). The Bertz CT molecular complexity index is 788. The monoisotopic (exact) mass is 260 g/mol. The summed E-state index contributed by atoms with van der Waals surface area (Å²) in [6.07, 6.45) is 1.53. The Morgan fingerprint density at radius 2 is 2.21 bits per heavy atom. The van der Waals surface area contributed by atoms with E-state index in [0.29, 0.717) is 16.9 Å². The van der Waals surface area contributed by atoms with Crippen LogP contribution >= 0.6 is 0 Å². The maximum absolute atomic E-state index is 13.5. The van der Waals surface area contributed by atoms with Crippen LogP contribution in [0.25, 0.3) is 22.4 Å². The number of aromatic nitrogens is 2. The number of aromatic carboxylic acids is 1. The van der Waals surface area contributed by atoms with Crippen LogP contribution in [0.2, 0.25) is 0 Å². The molecule has 5 nitrogen and oxygen atoms in total. The molecule has 2 aromatic heterocycles. The summed E-state index contributed by atoms with van der Waals surface area (Å²) in [6.45, 7) is 1.80. The second-order valence-electron chi connectivity index (χ2n) is 4.19. The number of halogens is 1. The van der Waals surface area contributed by atoms with Gasteiger partial charge in [0.1, 0.15) is 23.7 Å². The fraction of sp³-hybridized carbons (Fsp3) is 0.0769. The number of hydrogen-bond acceptors (Lipinski definition) is 3. The highest BCUT2D eigenvalue weighted by Gasteiger charge is 2.15. The summed E-state index contributed by atoms with van der Waals surface area (Å²) >= 11 is 0. The normalized spacial score (nSPS) is 11.1. The van der Waals surface area contributed by atoms with Gasteiger partial charge in [-0.3, -0.25) is 0 Å². The van der Waals surface area contributed by atoms with E-state index in [9.17, 15) is 9.18 Å². The van der Waals surface area contributed by atoms with Crippen molar-refractivity contribution in [2.45, 2.75) is 6.92 Å². The molecule has 0 bridgehead atoms. The fourth-order valence-corrected chi connectivity index (χ4v) is 1.90. The number of rotatable bonds is 2. The molecule has 0 amide bonds. The number of benzene rings is 1.